The van der Waals surface area contributed by atoms with E-state index in [-0.39, 0.29) is 10.6 Å². The predicted octanol–water partition coefficient (Wildman–Crippen LogP) is 1.91. The molecule has 0 bridgehead atoms. The smallest absolute Gasteiger partial charge is 0.319 e. The first-order valence-corrected chi connectivity index (χ1v) is 4.73. The average Bonchev–Trinajstić information content (AvgIpc) is 2.01. The number of benzene rings is 1. The van der Waals surface area contributed by atoms with Gasteiger partial charge in [0, 0.05) is 4.47 Å². The van der Waals surface area contributed by atoms with Gasteiger partial charge in [-0.05, 0) is 18.2 Å². The van der Waals surface area contributed by atoms with Crippen LogP contribution in [0.5, 0.6) is 0 Å². The van der Waals surface area contributed by atoms with Crippen molar-refractivity contribution in [2.45, 2.75) is 0 Å². The molecule has 4 nitrogen and oxygen atoms in total. The van der Waals surface area contributed by atoms with Crippen molar-refractivity contribution < 1.29 is 9.59 Å². The Morgan fingerprint density at radius 3 is 2.57 bits per heavy atom. The van der Waals surface area contributed by atoms with Gasteiger partial charge >= 0.3 is 6.03 Å². The number of hydrogen-bond donors (Lipinski definition) is 2. The molecule has 3 N–H and O–H groups in total. The van der Waals surface area contributed by atoms with Crippen molar-refractivity contribution in [3.63, 3.8) is 0 Å². The summed E-state index contributed by atoms with van der Waals surface area (Å²) in [6.07, 6.45) is 0. The first-order chi connectivity index (χ1) is 6.50. The van der Waals surface area contributed by atoms with Gasteiger partial charge in [0.2, 0.25) is 0 Å². The third-order valence-corrected chi connectivity index (χ3v) is 2.22. The number of imide groups is 1. The maximum Gasteiger partial charge on any atom is 0.319 e. The molecule has 0 atom stereocenters. The van der Waals surface area contributed by atoms with Gasteiger partial charge in [-0.25, -0.2) is 4.79 Å². The van der Waals surface area contributed by atoms with Crippen LogP contribution in [-0.2, 0) is 0 Å². The van der Waals surface area contributed by atoms with Crippen molar-refractivity contribution >= 4 is 39.5 Å². The molecule has 74 valence electrons. The zero-order valence-electron chi connectivity index (χ0n) is 6.88. The van der Waals surface area contributed by atoms with Gasteiger partial charge in [-0.1, -0.05) is 27.5 Å². The van der Waals surface area contributed by atoms with E-state index in [1.54, 1.807) is 12.1 Å². The highest BCUT2D eigenvalue weighted by atomic mass is 79.9. The molecule has 0 fully saturated rings. The highest BCUT2D eigenvalue weighted by molar-refractivity contribution is 9.10. The predicted molar refractivity (Wildman–Crippen MR) is 56.2 cm³/mol. The molecule has 0 aromatic heterocycles. The van der Waals surface area contributed by atoms with Gasteiger partial charge in [-0.15, -0.1) is 0 Å². The van der Waals surface area contributed by atoms with Crippen LogP contribution in [0.3, 0.4) is 0 Å². The number of rotatable bonds is 1. The molecule has 1 aromatic carbocycles. The minimum atomic E-state index is -0.908. The summed E-state index contributed by atoms with van der Waals surface area (Å²) < 4.78 is 0.748. The monoisotopic (exact) mass is 276 g/mol. The van der Waals surface area contributed by atoms with E-state index in [1.807, 2.05) is 5.32 Å². The summed E-state index contributed by atoms with van der Waals surface area (Å²) in [5, 5.41) is 2.17. The van der Waals surface area contributed by atoms with E-state index >= 15 is 0 Å². The fourth-order valence-corrected chi connectivity index (χ4v) is 1.61. The molecule has 0 aliphatic carbocycles. The third-order valence-electron chi connectivity index (χ3n) is 1.41. The molecule has 0 aliphatic heterocycles. The van der Waals surface area contributed by atoms with Crippen LogP contribution in [0, 0.1) is 0 Å². The minimum absolute atomic E-state index is 0.202. The van der Waals surface area contributed by atoms with E-state index in [4.69, 9.17) is 17.3 Å². The molecule has 0 spiro atoms. The molecule has 1 aromatic rings. The molecule has 3 amide bonds. The third kappa shape index (κ3) is 2.71. The number of amides is 3. The normalized spacial score (nSPS) is 9.57. The maximum absolute atomic E-state index is 11.3. The molecule has 0 saturated carbocycles. The SMILES string of the molecule is NC(=O)NC(=O)c1ccc(Br)cc1Cl. The number of primary amides is 1. The summed E-state index contributed by atoms with van der Waals surface area (Å²) in [6.45, 7) is 0. The Balaban J connectivity index is 2.96. The van der Waals surface area contributed by atoms with E-state index in [1.165, 1.54) is 6.07 Å². The van der Waals surface area contributed by atoms with Crippen molar-refractivity contribution in [1.29, 1.82) is 0 Å². The molecule has 6 heteroatoms. The lowest BCUT2D eigenvalue weighted by atomic mass is 10.2. The summed E-state index contributed by atoms with van der Waals surface area (Å²) in [5.41, 5.74) is 4.99. The summed E-state index contributed by atoms with van der Waals surface area (Å²) in [4.78, 5) is 21.7. The van der Waals surface area contributed by atoms with Gasteiger partial charge in [-0.2, -0.15) is 0 Å². The van der Waals surface area contributed by atoms with Crippen LogP contribution in [0.4, 0.5) is 4.79 Å². The Morgan fingerprint density at radius 1 is 1.43 bits per heavy atom. The Morgan fingerprint density at radius 2 is 2.07 bits per heavy atom. The summed E-state index contributed by atoms with van der Waals surface area (Å²) >= 11 is 8.95. The zero-order valence-corrected chi connectivity index (χ0v) is 9.22. The lowest BCUT2D eigenvalue weighted by Crippen LogP contribution is -2.35. The summed E-state index contributed by atoms with van der Waals surface area (Å²) in [7, 11) is 0. The molecule has 0 saturated heterocycles. The Kier molecular flexibility index (Phi) is 3.49. The van der Waals surface area contributed by atoms with Crippen LogP contribution in [0.1, 0.15) is 10.4 Å². The van der Waals surface area contributed by atoms with Crippen molar-refractivity contribution in [3.05, 3.63) is 33.3 Å². The Bertz CT molecular complexity index is 395. The number of halogens is 2. The quantitative estimate of drug-likeness (QED) is 0.823. The van der Waals surface area contributed by atoms with Gasteiger partial charge in [0.15, 0.2) is 0 Å². The van der Waals surface area contributed by atoms with Gasteiger partial charge in [0.25, 0.3) is 5.91 Å². The summed E-state index contributed by atoms with van der Waals surface area (Å²) in [5.74, 6) is -0.616. The summed E-state index contributed by atoms with van der Waals surface area (Å²) in [6, 6.07) is 3.78. The van der Waals surface area contributed by atoms with Crippen molar-refractivity contribution in [1.82, 2.24) is 5.32 Å². The van der Waals surface area contributed by atoms with Crippen LogP contribution in [0.2, 0.25) is 5.02 Å². The number of hydrogen-bond acceptors (Lipinski definition) is 2. The zero-order chi connectivity index (χ0) is 10.7. The molecule has 14 heavy (non-hydrogen) atoms. The van der Waals surface area contributed by atoms with E-state index in [2.05, 4.69) is 15.9 Å². The molecule has 0 aliphatic rings. The van der Waals surface area contributed by atoms with Gasteiger partial charge < -0.3 is 5.73 Å². The lowest BCUT2D eigenvalue weighted by Gasteiger charge is -2.03. The fourth-order valence-electron chi connectivity index (χ4n) is 0.853. The van der Waals surface area contributed by atoms with E-state index in [9.17, 15) is 9.59 Å². The second-order valence-corrected chi connectivity index (χ2v) is 3.77. The van der Waals surface area contributed by atoms with Gasteiger partial charge in [-0.3, -0.25) is 10.1 Å². The Labute approximate surface area is 93.5 Å². The molecular weight excluding hydrogens is 271 g/mol. The number of carbonyl (C=O) groups excluding carboxylic acids is 2. The Hall–Kier alpha value is -1.07. The van der Waals surface area contributed by atoms with Gasteiger partial charge in [0.1, 0.15) is 0 Å². The molecular formula is C8H6BrClN2O2. The number of urea groups is 1. The van der Waals surface area contributed by atoms with Crippen LogP contribution in [0.15, 0.2) is 22.7 Å². The highest BCUT2D eigenvalue weighted by Crippen LogP contribution is 2.21. The number of nitrogens with one attached hydrogen (secondary N) is 1. The van der Waals surface area contributed by atoms with Crippen molar-refractivity contribution in [2.75, 3.05) is 0 Å². The largest absolute Gasteiger partial charge is 0.351 e. The van der Waals surface area contributed by atoms with E-state index < -0.39 is 11.9 Å². The van der Waals surface area contributed by atoms with Crippen LogP contribution < -0.4 is 11.1 Å². The number of carbonyl (C=O) groups is 2. The van der Waals surface area contributed by atoms with Crippen molar-refractivity contribution in [3.8, 4) is 0 Å². The average molecular weight is 278 g/mol. The van der Waals surface area contributed by atoms with Crippen molar-refractivity contribution in [2.24, 2.45) is 5.73 Å². The number of nitrogens with two attached hydrogens (primary N) is 1. The maximum atomic E-state index is 11.3. The first-order valence-electron chi connectivity index (χ1n) is 3.56. The van der Waals surface area contributed by atoms with Crippen LogP contribution in [0.25, 0.3) is 0 Å². The molecule has 0 heterocycles. The second kappa shape index (κ2) is 4.43. The second-order valence-electron chi connectivity index (χ2n) is 2.44. The fraction of sp³-hybridized carbons (Fsp3) is 0. The topological polar surface area (TPSA) is 72.2 Å². The molecule has 1 rings (SSSR count). The molecule has 0 unspecified atom stereocenters. The van der Waals surface area contributed by atoms with E-state index in [0.717, 1.165) is 4.47 Å². The van der Waals surface area contributed by atoms with Crippen LogP contribution >= 0.6 is 27.5 Å². The lowest BCUT2D eigenvalue weighted by molar-refractivity contribution is 0.0966. The highest BCUT2D eigenvalue weighted by Gasteiger charge is 2.11. The van der Waals surface area contributed by atoms with E-state index in [0.29, 0.717) is 0 Å². The molecule has 0 radical (unpaired) electrons. The standard InChI is InChI=1S/C8H6BrClN2O2/c9-4-1-2-5(6(10)3-4)7(13)12-8(11)14/h1-3H,(H3,11,12,13,14). The minimum Gasteiger partial charge on any atom is -0.351 e. The van der Waals surface area contributed by atoms with Gasteiger partial charge in [0.05, 0.1) is 10.6 Å². The van der Waals surface area contributed by atoms with Crippen LogP contribution in [-0.4, -0.2) is 11.9 Å². The first kappa shape index (κ1) is 11.0.